The third-order valence-electron chi connectivity index (χ3n) is 3.58. The van der Waals surface area contributed by atoms with Crippen LogP contribution in [0.4, 0.5) is 0 Å². The Kier molecular flexibility index (Phi) is 2.90. The number of imidazole rings is 1. The monoisotopic (exact) mass is 277 g/mol. The number of hydrogen-bond donors (Lipinski definition) is 3. The van der Waals surface area contributed by atoms with Crippen LogP contribution in [0, 0.1) is 0 Å². The van der Waals surface area contributed by atoms with Gasteiger partial charge >= 0.3 is 0 Å². The quantitative estimate of drug-likeness (QED) is 0.537. The molecule has 21 heavy (non-hydrogen) atoms. The predicted molar refractivity (Wildman–Crippen MR) is 82.7 cm³/mol. The van der Waals surface area contributed by atoms with Crippen LogP contribution < -0.4 is 5.32 Å². The first-order valence-electron chi connectivity index (χ1n) is 6.95. The maximum Gasteiger partial charge on any atom is 0.137 e. The zero-order valence-corrected chi connectivity index (χ0v) is 11.4. The molecule has 3 N–H and O–H groups in total. The third-order valence-corrected chi connectivity index (χ3v) is 3.58. The van der Waals surface area contributed by atoms with Crippen molar-refractivity contribution in [2.45, 2.75) is 13.1 Å². The van der Waals surface area contributed by atoms with E-state index in [0.717, 1.165) is 34.4 Å². The van der Waals surface area contributed by atoms with Gasteiger partial charge < -0.3 is 15.3 Å². The molecule has 0 amide bonds. The van der Waals surface area contributed by atoms with Crippen LogP contribution in [-0.4, -0.2) is 19.9 Å². The number of fused-ring (bicyclic) bond motifs is 2. The smallest absolute Gasteiger partial charge is 0.137 e. The topological polar surface area (TPSA) is 69.4 Å². The summed E-state index contributed by atoms with van der Waals surface area (Å²) < 4.78 is 0. The standard InChI is InChI=1S/C16H15N5/c1-2-6-14-13(5-1)20-15(21-14)10-17-8-11-9-19-16-12(11)4-3-7-18-16/h1-7,9,17H,8,10H2,(H,18,19)(H,20,21). The molecule has 1 aromatic carbocycles. The first-order valence-corrected chi connectivity index (χ1v) is 6.95. The van der Waals surface area contributed by atoms with E-state index in [1.165, 1.54) is 5.56 Å². The molecule has 3 heterocycles. The van der Waals surface area contributed by atoms with Gasteiger partial charge in [0.1, 0.15) is 11.5 Å². The molecular formula is C16H15N5. The Balaban J connectivity index is 1.47. The summed E-state index contributed by atoms with van der Waals surface area (Å²) >= 11 is 0. The molecule has 0 aliphatic heterocycles. The van der Waals surface area contributed by atoms with Gasteiger partial charge in [-0.3, -0.25) is 0 Å². The summed E-state index contributed by atoms with van der Waals surface area (Å²) in [4.78, 5) is 15.4. The van der Waals surface area contributed by atoms with Crippen molar-refractivity contribution in [2.75, 3.05) is 0 Å². The molecule has 0 saturated carbocycles. The molecule has 0 aliphatic carbocycles. The Morgan fingerprint density at radius 3 is 2.95 bits per heavy atom. The maximum absolute atomic E-state index is 4.56. The molecule has 0 radical (unpaired) electrons. The number of nitrogens with zero attached hydrogens (tertiary/aromatic N) is 2. The van der Waals surface area contributed by atoms with Crippen molar-refractivity contribution >= 4 is 22.1 Å². The summed E-state index contributed by atoms with van der Waals surface area (Å²) in [5, 5.41) is 4.58. The first kappa shape index (κ1) is 12.1. The lowest BCUT2D eigenvalue weighted by Crippen LogP contribution is -2.13. The maximum atomic E-state index is 4.56. The van der Waals surface area contributed by atoms with Gasteiger partial charge in [-0.05, 0) is 29.8 Å². The highest BCUT2D eigenvalue weighted by atomic mass is 15.0. The van der Waals surface area contributed by atoms with Crippen LogP contribution in [0.1, 0.15) is 11.4 Å². The van der Waals surface area contributed by atoms with Crippen LogP contribution in [0.3, 0.4) is 0 Å². The molecule has 0 saturated heterocycles. The highest BCUT2D eigenvalue weighted by Crippen LogP contribution is 2.15. The molecule has 3 aromatic heterocycles. The molecule has 0 unspecified atom stereocenters. The van der Waals surface area contributed by atoms with Crippen LogP contribution in [0.15, 0.2) is 48.8 Å². The second-order valence-corrected chi connectivity index (χ2v) is 5.02. The highest BCUT2D eigenvalue weighted by molar-refractivity contribution is 5.79. The number of benzene rings is 1. The largest absolute Gasteiger partial charge is 0.346 e. The van der Waals surface area contributed by atoms with Gasteiger partial charge in [0, 0.05) is 24.3 Å². The molecule has 0 atom stereocenters. The van der Waals surface area contributed by atoms with Crippen LogP contribution in [0.25, 0.3) is 22.1 Å². The van der Waals surface area contributed by atoms with Crippen LogP contribution in [-0.2, 0) is 13.1 Å². The number of aromatic amines is 2. The van der Waals surface area contributed by atoms with Gasteiger partial charge in [0.2, 0.25) is 0 Å². The van der Waals surface area contributed by atoms with E-state index in [2.05, 4.69) is 31.3 Å². The number of rotatable bonds is 4. The van der Waals surface area contributed by atoms with Crippen molar-refractivity contribution in [1.82, 2.24) is 25.3 Å². The number of nitrogens with one attached hydrogen (secondary N) is 3. The predicted octanol–water partition coefficient (Wildman–Crippen LogP) is 2.73. The van der Waals surface area contributed by atoms with E-state index in [1.807, 2.05) is 36.5 Å². The number of hydrogen-bond acceptors (Lipinski definition) is 3. The zero-order chi connectivity index (χ0) is 14.1. The Morgan fingerprint density at radius 1 is 1.05 bits per heavy atom. The van der Waals surface area contributed by atoms with Crippen LogP contribution in [0.5, 0.6) is 0 Å². The number of aromatic nitrogens is 4. The van der Waals surface area contributed by atoms with Gasteiger partial charge in [0.15, 0.2) is 0 Å². The summed E-state index contributed by atoms with van der Waals surface area (Å²) in [5.74, 6) is 0.953. The van der Waals surface area contributed by atoms with E-state index in [0.29, 0.717) is 6.54 Å². The van der Waals surface area contributed by atoms with Crippen molar-refractivity contribution in [3.8, 4) is 0 Å². The lowest BCUT2D eigenvalue weighted by atomic mass is 10.2. The highest BCUT2D eigenvalue weighted by Gasteiger charge is 2.05. The normalized spacial score (nSPS) is 11.4. The van der Waals surface area contributed by atoms with Gasteiger partial charge in [-0.15, -0.1) is 0 Å². The molecule has 5 nitrogen and oxygen atoms in total. The lowest BCUT2D eigenvalue weighted by Gasteiger charge is -2.01. The Hall–Kier alpha value is -2.66. The zero-order valence-electron chi connectivity index (χ0n) is 11.4. The summed E-state index contributed by atoms with van der Waals surface area (Å²) in [7, 11) is 0. The van der Waals surface area contributed by atoms with Crippen molar-refractivity contribution < 1.29 is 0 Å². The summed E-state index contributed by atoms with van der Waals surface area (Å²) in [5.41, 5.74) is 4.23. The van der Waals surface area contributed by atoms with Crippen LogP contribution in [0.2, 0.25) is 0 Å². The average Bonchev–Trinajstić information content (AvgIpc) is 3.11. The first-order chi connectivity index (χ1) is 10.4. The van der Waals surface area contributed by atoms with E-state index >= 15 is 0 Å². The minimum Gasteiger partial charge on any atom is -0.346 e. The fourth-order valence-electron chi connectivity index (χ4n) is 2.56. The molecule has 5 heteroatoms. The van der Waals surface area contributed by atoms with Crippen LogP contribution >= 0.6 is 0 Å². The van der Waals surface area contributed by atoms with Gasteiger partial charge in [-0.2, -0.15) is 0 Å². The molecule has 104 valence electrons. The van der Waals surface area contributed by atoms with Gasteiger partial charge in [-0.25, -0.2) is 9.97 Å². The summed E-state index contributed by atoms with van der Waals surface area (Å²) in [6, 6.07) is 12.1. The Labute approximate surface area is 121 Å². The molecule has 4 aromatic rings. The van der Waals surface area contributed by atoms with E-state index < -0.39 is 0 Å². The third kappa shape index (κ3) is 2.28. The van der Waals surface area contributed by atoms with E-state index in [-0.39, 0.29) is 0 Å². The second kappa shape index (κ2) is 5.03. The fourth-order valence-corrected chi connectivity index (χ4v) is 2.56. The van der Waals surface area contributed by atoms with Crippen molar-refractivity contribution in [3.05, 3.63) is 60.2 Å². The Morgan fingerprint density at radius 2 is 2.00 bits per heavy atom. The second-order valence-electron chi connectivity index (χ2n) is 5.02. The molecule has 0 spiro atoms. The van der Waals surface area contributed by atoms with Crippen molar-refractivity contribution in [3.63, 3.8) is 0 Å². The molecular weight excluding hydrogens is 262 g/mol. The number of H-pyrrole nitrogens is 2. The fraction of sp³-hybridized carbons (Fsp3) is 0.125. The summed E-state index contributed by atoms with van der Waals surface area (Å²) in [6.45, 7) is 1.49. The number of pyridine rings is 1. The number of para-hydroxylation sites is 2. The van der Waals surface area contributed by atoms with E-state index in [1.54, 1.807) is 6.20 Å². The average molecular weight is 277 g/mol. The molecule has 4 rings (SSSR count). The van der Waals surface area contributed by atoms with E-state index in [9.17, 15) is 0 Å². The SMILES string of the molecule is c1ccc2[nH]c(CNCc3c[nH]c4ncccc34)nc2c1. The molecule has 0 fully saturated rings. The van der Waals surface area contributed by atoms with E-state index in [4.69, 9.17) is 0 Å². The lowest BCUT2D eigenvalue weighted by molar-refractivity contribution is 0.673. The van der Waals surface area contributed by atoms with Gasteiger partial charge in [0.05, 0.1) is 17.6 Å². The Bertz CT molecular complexity index is 857. The van der Waals surface area contributed by atoms with Gasteiger partial charge in [-0.1, -0.05) is 12.1 Å². The summed E-state index contributed by atoms with van der Waals surface area (Å²) in [6.07, 6.45) is 3.80. The minimum atomic E-state index is 0.710. The minimum absolute atomic E-state index is 0.710. The molecule has 0 bridgehead atoms. The molecule has 0 aliphatic rings. The van der Waals surface area contributed by atoms with Crippen molar-refractivity contribution in [2.24, 2.45) is 0 Å². The van der Waals surface area contributed by atoms with Gasteiger partial charge in [0.25, 0.3) is 0 Å². The van der Waals surface area contributed by atoms with Crippen molar-refractivity contribution in [1.29, 1.82) is 0 Å².